The number of nitrogens with zero attached hydrogens (tertiary/aromatic N) is 3. The van der Waals surface area contributed by atoms with E-state index in [0.29, 0.717) is 6.61 Å². The number of fused-ring (bicyclic) bond motifs is 4. The molecule has 0 bridgehead atoms. The summed E-state index contributed by atoms with van der Waals surface area (Å²) in [5, 5.41) is 8.62. The van der Waals surface area contributed by atoms with Crippen molar-refractivity contribution in [1.82, 2.24) is 9.97 Å². The lowest BCUT2D eigenvalue weighted by Crippen LogP contribution is -2.40. The third kappa shape index (κ3) is 2.99. The van der Waals surface area contributed by atoms with E-state index in [4.69, 9.17) is 4.74 Å². The number of ether oxygens (including phenoxy) is 1. The third-order valence-electron chi connectivity index (χ3n) is 7.63. The molecule has 4 nitrogen and oxygen atoms in total. The molecule has 174 valence electrons. The highest BCUT2D eigenvalue weighted by molar-refractivity contribution is 6.23. The van der Waals surface area contributed by atoms with Gasteiger partial charge in [0, 0.05) is 24.0 Å². The summed E-state index contributed by atoms with van der Waals surface area (Å²) in [5.41, 5.74) is 5.82. The average Bonchev–Trinajstić information content (AvgIpc) is 2.97. The van der Waals surface area contributed by atoms with Gasteiger partial charge in [-0.3, -0.25) is 0 Å². The standard InChI is InChI=1S/C33H22N3O/c1-2-6-24-21(5-1)17-30-25-8-3-7-23(22-18-34-20-35-19-22)26(25)10-11-28(30)32(24)27-12-13-31-33-29(27)9-4-14-36(33)15-16-37-31/h1-14,17-20H,15-16H2/q+1. The minimum Gasteiger partial charge on any atom is -0.480 e. The van der Waals surface area contributed by atoms with Gasteiger partial charge in [0.2, 0.25) is 0 Å². The van der Waals surface area contributed by atoms with Gasteiger partial charge in [-0.1, -0.05) is 54.6 Å². The molecule has 0 spiro atoms. The predicted molar refractivity (Wildman–Crippen MR) is 149 cm³/mol. The Morgan fingerprint density at radius 1 is 0.649 bits per heavy atom. The predicted octanol–water partition coefficient (Wildman–Crippen LogP) is 7.10. The summed E-state index contributed by atoms with van der Waals surface area (Å²) in [6.45, 7) is 1.56. The van der Waals surface area contributed by atoms with Crippen molar-refractivity contribution in [2.24, 2.45) is 0 Å². The fraction of sp³-hybridized carbons (Fsp3) is 0.0606. The third-order valence-corrected chi connectivity index (χ3v) is 7.63. The maximum Gasteiger partial charge on any atom is 0.255 e. The van der Waals surface area contributed by atoms with Crippen LogP contribution in [0.2, 0.25) is 0 Å². The van der Waals surface area contributed by atoms with Crippen LogP contribution in [0.15, 0.2) is 110 Å². The molecule has 2 aromatic heterocycles. The topological polar surface area (TPSA) is 38.9 Å². The van der Waals surface area contributed by atoms with Crippen LogP contribution in [0.3, 0.4) is 0 Å². The van der Waals surface area contributed by atoms with Gasteiger partial charge >= 0.3 is 0 Å². The highest BCUT2D eigenvalue weighted by atomic mass is 16.5. The van der Waals surface area contributed by atoms with E-state index in [0.717, 1.165) is 23.4 Å². The van der Waals surface area contributed by atoms with Gasteiger partial charge in [0.05, 0.1) is 5.39 Å². The van der Waals surface area contributed by atoms with Gasteiger partial charge in [-0.15, -0.1) is 0 Å². The van der Waals surface area contributed by atoms with Crippen LogP contribution < -0.4 is 9.30 Å². The Kier molecular flexibility index (Phi) is 4.31. The van der Waals surface area contributed by atoms with Crippen molar-refractivity contribution in [3.05, 3.63) is 110 Å². The van der Waals surface area contributed by atoms with Crippen molar-refractivity contribution < 1.29 is 9.30 Å². The molecule has 0 unspecified atom stereocenters. The molecule has 3 heterocycles. The summed E-state index contributed by atoms with van der Waals surface area (Å²) < 4.78 is 8.36. The summed E-state index contributed by atoms with van der Waals surface area (Å²) in [6, 6.07) is 30.8. The number of rotatable bonds is 2. The molecular weight excluding hydrogens is 454 g/mol. The van der Waals surface area contributed by atoms with Gasteiger partial charge in [-0.2, -0.15) is 4.57 Å². The van der Waals surface area contributed by atoms with Crippen molar-refractivity contribution in [3.63, 3.8) is 0 Å². The van der Waals surface area contributed by atoms with E-state index in [1.54, 1.807) is 6.33 Å². The highest BCUT2D eigenvalue weighted by Gasteiger charge is 2.24. The van der Waals surface area contributed by atoms with Crippen LogP contribution in [-0.4, -0.2) is 16.6 Å². The molecule has 1 aliphatic heterocycles. The lowest BCUT2D eigenvalue weighted by Gasteiger charge is -2.18. The molecule has 0 atom stereocenters. The molecule has 7 aromatic rings. The van der Waals surface area contributed by atoms with Gasteiger partial charge in [-0.05, 0) is 73.3 Å². The number of benzene rings is 5. The van der Waals surface area contributed by atoms with Crippen molar-refractivity contribution in [2.75, 3.05) is 6.61 Å². The molecule has 5 aromatic carbocycles. The zero-order valence-electron chi connectivity index (χ0n) is 20.1. The lowest BCUT2D eigenvalue weighted by molar-refractivity contribution is -0.676. The van der Waals surface area contributed by atoms with Crippen molar-refractivity contribution in [3.8, 4) is 28.0 Å². The Morgan fingerprint density at radius 2 is 1.49 bits per heavy atom. The van der Waals surface area contributed by atoms with Crippen LogP contribution in [0.25, 0.3) is 65.5 Å². The summed E-state index contributed by atoms with van der Waals surface area (Å²) >= 11 is 0. The summed E-state index contributed by atoms with van der Waals surface area (Å²) in [5.74, 6) is 0.954. The minimum atomic E-state index is 0.702. The van der Waals surface area contributed by atoms with Gasteiger partial charge in [0.15, 0.2) is 18.5 Å². The van der Waals surface area contributed by atoms with E-state index >= 15 is 0 Å². The van der Waals surface area contributed by atoms with Crippen LogP contribution in [-0.2, 0) is 6.54 Å². The zero-order valence-corrected chi connectivity index (χ0v) is 20.1. The highest BCUT2D eigenvalue weighted by Crippen LogP contribution is 2.44. The van der Waals surface area contributed by atoms with E-state index in [1.807, 2.05) is 12.4 Å². The molecule has 0 aliphatic carbocycles. The van der Waals surface area contributed by atoms with Crippen LogP contribution in [0, 0.1) is 0 Å². The number of aromatic nitrogens is 3. The molecule has 0 fully saturated rings. The van der Waals surface area contributed by atoms with E-state index in [-0.39, 0.29) is 0 Å². The van der Waals surface area contributed by atoms with E-state index in [9.17, 15) is 0 Å². The van der Waals surface area contributed by atoms with Gasteiger partial charge in [-0.25, -0.2) is 9.97 Å². The molecule has 1 aliphatic rings. The molecule has 0 radical (unpaired) electrons. The SMILES string of the molecule is c1ccc2c(-c3ccc4c5c3ccc[n+]5CCO4)c3ccc4c(-c5cncnc5)cccc4c3cc2c1. The van der Waals surface area contributed by atoms with Crippen LogP contribution in [0.5, 0.6) is 5.75 Å². The van der Waals surface area contributed by atoms with Crippen molar-refractivity contribution in [1.29, 1.82) is 0 Å². The summed E-state index contributed by atoms with van der Waals surface area (Å²) in [4.78, 5) is 8.51. The molecule has 37 heavy (non-hydrogen) atoms. The second-order valence-electron chi connectivity index (χ2n) is 9.58. The fourth-order valence-electron chi connectivity index (χ4n) is 6.03. The van der Waals surface area contributed by atoms with E-state index in [2.05, 4.69) is 106 Å². The second-order valence-corrected chi connectivity index (χ2v) is 9.58. The average molecular weight is 477 g/mol. The number of hydrogen-bond acceptors (Lipinski definition) is 3. The van der Waals surface area contributed by atoms with Crippen LogP contribution in [0.1, 0.15) is 0 Å². The smallest absolute Gasteiger partial charge is 0.255 e. The molecule has 0 amide bonds. The Morgan fingerprint density at radius 3 is 2.43 bits per heavy atom. The second kappa shape index (κ2) is 7.84. The summed E-state index contributed by atoms with van der Waals surface area (Å²) in [6.07, 6.45) is 7.49. The molecular formula is C33H22N3O+. The molecule has 0 saturated heterocycles. The van der Waals surface area contributed by atoms with Gasteiger partial charge in [0.25, 0.3) is 5.52 Å². The number of hydrogen-bond donors (Lipinski definition) is 0. The lowest BCUT2D eigenvalue weighted by atomic mass is 9.87. The minimum absolute atomic E-state index is 0.702. The first-order valence-electron chi connectivity index (χ1n) is 12.6. The molecule has 0 saturated carbocycles. The monoisotopic (exact) mass is 476 g/mol. The first kappa shape index (κ1) is 20.4. The van der Waals surface area contributed by atoms with Gasteiger partial charge in [0.1, 0.15) is 12.9 Å². The normalized spacial score (nSPS) is 12.9. The quantitative estimate of drug-likeness (QED) is 0.152. The summed E-state index contributed by atoms with van der Waals surface area (Å²) in [7, 11) is 0. The Labute approximate surface area is 213 Å². The van der Waals surface area contributed by atoms with E-state index < -0.39 is 0 Å². The largest absolute Gasteiger partial charge is 0.480 e. The van der Waals surface area contributed by atoms with Gasteiger partial charge < -0.3 is 4.74 Å². The van der Waals surface area contributed by atoms with Crippen molar-refractivity contribution >= 4 is 43.2 Å². The molecule has 4 heteroatoms. The van der Waals surface area contributed by atoms with Crippen LogP contribution >= 0.6 is 0 Å². The first-order valence-corrected chi connectivity index (χ1v) is 12.6. The maximum absolute atomic E-state index is 6.04. The molecule has 8 rings (SSSR count). The Hall–Kier alpha value is -4.83. The Balaban J connectivity index is 1.52. The van der Waals surface area contributed by atoms with Crippen molar-refractivity contribution in [2.45, 2.75) is 6.54 Å². The first-order chi connectivity index (χ1) is 18.4. The van der Waals surface area contributed by atoms with Crippen LogP contribution in [0.4, 0.5) is 0 Å². The fourth-order valence-corrected chi connectivity index (χ4v) is 6.03. The molecule has 0 N–H and O–H groups in total. The Bertz CT molecular complexity index is 2000. The maximum atomic E-state index is 6.04. The number of pyridine rings is 1. The zero-order chi connectivity index (χ0) is 24.3. The van der Waals surface area contributed by atoms with E-state index in [1.165, 1.54) is 54.3 Å².